The second-order valence-electron chi connectivity index (χ2n) is 3.46. The molecule has 0 saturated carbocycles. The lowest BCUT2D eigenvalue weighted by molar-refractivity contribution is -0.137. The lowest BCUT2D eigenvalue weighted by atomic mass is 10.2. The Morgan fingerprint density at radius 1 is 1.33 bits per heavy atom. The maximum atomic E-state index is 12.4. The average Bonchev–Trinajstić information content (AvgIpc) is 2.13. The quantitative estimate of drug-likeness (QED) is 0.740. The Hall–Kier alpha value is -1.55. The van der Waals surface area contributed by atoms with Gasteiger partial charge in [0.15, 0.2) is 0 Å². The van der Waals surface area contributed by atoms with Gasteiger partial charge in [0.2, 0.25) is 10.0 Å². The van der Waals surface area contributed by atoms with Gasteiger partial charge in [0.05, 0.1) is 11.3 Å². The lowest BCUT2D eigenvalue weighted by Crippen LogP contribution is -2.22. The zero-order valence-electron chi connectivity index (χ0n) is 9.03. The molecule has 18 heavy (non-hydrogen) atoms. The minimum Gasteiger partial charge on any atom is -0.384 e. The normalized spacial score (nSPS) is 12.4. The van der Waals surface area contributed by atoms with Crippen LogP contribution in [0.5, 0.6) is 0 Å². The molecule has 0 atom stereocenters. The van der Waals surface area contributed by atoms with Crippen molar-refractivity contribution >= 4 is 21.7 Å². The number of nitrogen functional groups attached to an aromatic ring is 1. The van der Waals surface area contributed by atoms with E-state index in [1.807, 2.05) is 0 Å². The fourth-order valence-electron chi connectivity index (χ4n) is 1.13. The van der Waals surface area contributed by atoms with Crippen molar-refractivity contribution in [1.82, 2.24) is 4.98 Å². The monoisotopic (exact) mass is 284 g/mol. The number of nitrogens with two attached hydrogens (primary N) is 2. The number of alkyl halides is 3. The van der Waals surface area contributed by atoms with Gasteiger partial charge in [0, 0.05) is 6.54 Å². The predicted octanol–water partition coefficient (Wildman–Crippen LogP) is 0.383. The van der Waals surface area contributed by atoms with Crippen LogP contribution in [0.2, 0.25) is 0 Å². The standard InChI is InChI=1S/C8H11F3N4O2S/c9-8(10,11)5-3-6(12)15-7(4-5)14-1-2-18(13,16)17/h3-4H,1-2H2,(H3,12,14,15)(H2,13,16,17). The summed E-state index contributed by atoms with van der Waals surface area (Å²) in [7, 11) is -3.69. The van der Waals surface area contributed by atoms with Crippen LogP contribution < -0.4 is 16.2 Å². The number of anilines is 2. The molecule has 0 spiro atoms. The van der Waals surface area contributed by atoms with Gasteiger partial charge in [0.1, 0.15) is 11.6 Å². The second-order valence-corrected chi connectivity index (χ2v) is 5.19. The minimum absolute atomic E-state index is 0.160. The maximum absolute atomic E-state index is 12.4. The summed E-state index contributed by atoms with van der Waals surface area (Å²) in [6.45, 7) is -0.160. The number of hydrogen-bond acceptors (Lipinski definition) is 5. The third-order valence-corrected chi connectivity index (χ3v) is 2.64. The Morgan fingerprint density at radius 2 is 1.94 bits per heavy atom. The number of pyridine rings is 1. The molecule has 0 aliphatic heterocycles. The second kappa shape index (κ2) is 4.98. The number of rotatable bonds is 4. The first kappa shape index (κ1) is 14.5. The first-order valence-electron chi connectivity index (χ1n) is 4.67. The van der Waals surface area contributed by atoms with E-state index in [0.29, 0.717) is 6.07 Å². The zero-order chi connectivity index (χ0) is 14.0. The number of nitrogens with zero attached hydrogens (tertiary/aromatic N) is 1. The number of primary sulfonamides is 1. The van der Waals surface area contributed by atoms with Gasteiger partial charge in [-0.3, -0.25) is 0 Å². The summed E-state index contributed by atoms with van der Waals surface area (Å²) in [4.78, 5) is 3.60. The first-order chi connectivity index (χ1) is 8.08. The molecule has 0 aromatic carbocycles. The van der Waals surface area contributed by atoms with Crippen molar-refractivity contribution in [3.8, 4) is 0 Å². The van der Waals surface area contributed by atoms with Gasteiger partial charge in [-0.15, -0.1) is 0 Å². The highest BCUT2D eigenvalue weighted by Gasteiger charge is 2.31. The van der Waals surface area contributed by atoms with E-state index in [2.05, 4.69) is 10.3 Å². The molecule has 0 radical (unpaired) electrons. The minimum atomic E-state index is -4.55. The van der Waals surface area contributed by atoms with Crippen LogP contribution in [0.3, 0.4) is 0 Å². The van der Waals surface area contributed by atoms with Gasteiger partial charge < -0.3 is 11.1 Å². The highest BCUT2D eigenvalue weighted by Crippen LogP contribution is 2.31. The summed E-state index contributed by atoms with van der Waals surface area (Å²) in [5.74, 6) is -0.904. The third kappa shape index (κ3) is 4.75. The molecule has 0 saturated heterocycles. The van der Waals surface area contributed by atoms with Gasteiger partial charge in [-0.2, -0.15) is 13.2 Å². The van der Waals surface area contributed by atoms with E-state index in [1.165, 1.54) is 0 Å². The van der Waals surface area contributed by atoms with Gasteiger partial charge in [-0.05, 0) is 12.1 Å². The van der Waals surface area contributed by atoms with Crippen molar-refractivity contribution in [2.45, 2.75) is 6.18 Å². The van der Waals surface area contributed by atoms with E-state index >= 15 is 0 Å². The molecular weight excluding hydrogens is 273 g/mol. The van der Waals surface area contributed by atoms with Crippen molar-refractivity contribution in [3.63, 3.8) is 0 Å². The highest BCUT2D eigenvalue weighted by molar-refractivity contribution is 7.89. The van der Waals surface area contributed by atoms with Crippen molar-refractivity contribution < 1.29 is 21.6 Å². The van der Waals surface area contributed by atoms with Crippen LogP contribution in [0, 0.1) is 0 Å². The molecule has 1 heterocycles. The van der Waals surface area contributed by atoms with E-state index in [4.69, 9.17) is 10.9 Å². The first-order valence-corrected chi connectivity index (χ1v) is 6.38. The van der Waals surface area contributed by atoms with Gasteiger partial charge in [-0.1, -0.05) is 0 Å². The number of nitrogens with one attached hydrogen (secondary N) is 1. The Labute approximate surface area is 101 Å². The molecule has 1 aromatic rings. The smallest absolute Gasteiger partial charge is 0.384 e. The van der Waals surface area contributed by atoms with Crippen LogP contribution in [0.4, 0.5) is 24.8 Å². The lowest BCUT2D eigenvalue weighted by Gasteiger charge is -2.10. The van der Waals surface area contributed by atoms with E-state index in [1.54, 1.807) is 0 Å². The Kier molecular flexibility index (Phi) is 4.02. The molecule has 0 fully saturated rings. The maximum Gasteiger partial charge on any atom is 0.416 e. The summed E-state index contributed by atoms with van der Waals surface area (Å²) in [5.41, 5.74) is 4.25. The van der Waals surface area contributed by atoms with Crippen LogP contribution in [0.25, 0.3) is 0 Å². The van der Waals surface area contributed by atoms with Gasteiger partial charge in [0.25, 0.3) is 0 Å². The summed E-state index contributed by atoms with van der Waals surface area (Å²) in [6.07, 6.45) is -4.55. The van der Waals surface area contributed by atoms with E-state index in [-0.39, 0.29) is 18.2 Å². The Bertz CT molecular complexity index is 530. The molecule has 0 aliphatic rings. The molecule has 1 rings (SSSR count). The van der Waals surface area contributed by atoms with Crippen LogP contribution in [0.15, 0.2) is 12.1 Å². The van der Waals surface area contributed by atoms with E-state index in [0.717, 1.165) is 6.07 Å². The van der Waals surface area contributed by atoms with Crippen molar-refractivity contribution in [3.05, 3.63) is 17.7 Å². The van der Waals surface area contributed by atoms with Crippen LogP contribution >= 0.6 is 0 Å². The fourth-order valence-corrected chi connectivity index (χ4v) is 1.51. The highest BCUT2D eigenvalue weighted by atomic mass is 32.2. The van der Waals surface area contributed by atoms with E-state index < -0.39 is 27.5 Å². The van der Waals surface area contributed by atoms with Crippen molar-refractivity contribution in [2.24, 2.45) is 5.14 Å². The molecule has 0 unspecified atom stereocenters. The fraction of sp³-hybridized carbons (Fsp3) is 0.375. The summed E-state index contributed by atoms with van der Waals surface area (Å²) >= 11 is 0. The molecule has 102 valence electrons. The van der Waals surface area contributed by atoms with Gasteiger partial charge in [-0.25, -0.2) is 18.5 Å². The van der Waals surface area contributed by atoms with Crippen LogP contribution in [-0.2, 0) is 16.2 Å². The van der Waals surface area contributed by atoms with Crippen molar-refractivity contribution in [2.75, 3.05) is 23.3 Å². The third-order valence-electron chi connectivity index (χ3n) is 1.87. The number of hydrogen-bond donors (Lipinski definition) is 3. The van der Waals surface area contributed by atoms with Crippen LogP contribution in [-0.4, -0.2) is 25.7 Å². The Balaban J connectivity index is 2.81. The molecule has 0 bridgehead atoms. The zero-order valence-corrected chi connectivity index (χ0v) is 9.85. The number of aromatic nitrogens is 1. The molecule has 0 amide bonds. The molecular formula is C8H11F3N4O2S. The van der Waals surface area contributed by atoms with E-state index in [9.17, 15) is 21.6 Å². The largest absolute Gasteiger partial charge is 0.416 e. The molecule has 0 aliphatic carbocycles. The summed E-state index contributed by atoms with van der Waals surface area (Å²) in [6, 6.07) is 1.42. The molecule has 5 N–H and O–H groups in total. The summed E-state index contributed by atoms with van der Waals surface area (Å²) in [5, 5.41) is 7.14. The summed E-state index contributed by atoms with van der Waals surface area (Å²) < 4.78 is 58.6. The van der Waals surface area contributed by atoms with Crippen molar-refractivity contribution in [1.29, 1.82) is 0 Å². The molecule has 10 heteroatoms. The molecule has 6 nitrogen and oxygen atoms in total. The topological polar surface area (TPSA) is 111 Å². The average molecular weight is 284 g/mol. The van der Waals surface area contributed by atoms with Gasteiger partial charge >= 0.3 is 6.18 Å². The predicted molar refractivity (Wildman–Crippen MR) is 60.1 cm³/mol. The SMILES string of the molecule is Nc1cc(C(F)(F)F)cc(NCCS(N)(=O)=O)n1. The number of halogens is 3. The molecule has 1 aromatic heterocycles. The van der Waals surface area contributed by atoms with Crippen LogP contribution in [0.1, 0.15) is 5.56 Å². The number of sulfonamides is 1. The Morgan fingerprint density at radius 3 is 2.44 bits per heavy atom.